The number of benzene rings is 3. The summed E-state index contributed by atoms with van der Waals surface area (Å²) in [5, 5.41) is 12.3. The van der Waals surface area contributed by atoms with Gasteiger partial charge in [0.25, 0.3) is 5.91 Å². The van der Waals surface area contributed by atoms with Crippen LogP contribution in [0.3, 0.4) is 0 Å². The van der Waals surface area contributed by atoms with Crippen LogP contribution in [0.25, 0.3) is 11.1 Å². The third kappa shape index (κ3) is 4.66. The molecule has 4 rings (SSSR count). The molecule has 0 spiro atoms. The Labute approximate surface area is 193 Å². The number of ether oxygens (including phenoxy) is 1. The minimum Gasteiger partial charge on any atom is -0.379 e. The monoisotopic (exact) mass is 461 g/mol. The number of aryl methyl sites for hydroxylation is 1. The van der Waals surface area contributed by atoms with Crippen molar-refractivity contribution in [1.82, 2.24) is 4.31 Å². The largest absolute Gasteiger partial charge is 0.379 e. The minimum absolute atomic E-state index is 0.119. The van der Waals surface area contributed by atoms with Gasteiger partial charge in [-0.2, -0.15) is 9.57 Å². The van der Waals surface area contributed by atoms with E-state index in [0.29, 0.717) is 54.2 Å². The summed E-state index contributed by atoms with van der Waals surface area (Å²) in [5.74, 6) is -0.387. The van der Waals surface area contributed by atoms with Gasteiger partial charge in [0.15, 0.2) is 0 Å². The maximum absolute atomic E-state index is 13.3. The third-order valence-electron chi connectivity index (χ3n) is 5.57. The molecule has 1 aliphatic heterocycles. The molecule has 0 unspecified atom stereocenters. The van der Waals surface area contributed by atoms with Gasteiger partial charge in [0, 0.05) is 29.9 Å². The standard InChI is InChI=1S/C25H23N3O4S/c1-18-10-11-20(33(30,31)28-12-14-32-15-13-28)16-24(18)27-25(29)23-9-5-4-8-22(23)21-7-3-2-6-19(21)17-26/h2-11,16H,12-15H2,1H3,(H,27,29). The van der Waals surface area contributed by atoms with Gasteiger partial charge in [-0.1, -0.05) is 42.5 Å². The Hall–Kier alpha value is -3.51. The van der Waals surface area contributed by atoms with Crippen molar-refractivity contribution in [1.29, 1.82) is 5.26 Å². The summed E-state index contributed by atoms with van der Waals surface area (Å²) in [6.07, 6.45) is 0. The Balaban J connectivity index is 1.67. The van der Waals surface area contributed by atoms with Gasteiger partial charge >= 0.3 is 0 Å². The Morgan fingerprint density at radius 1 is 1.00 bits per heavy atom. The predicted molar refractivity (Wildman–Crippen MR) is 125 cm³/mol. The van der Waals surface area contributed by atoms with E-state index in [1.54, 1.807) is 61.5 Å². The van der Waals surface area contributed by atoms with Gasteiger partial charge in [-0.05, 0) is 42.3 Å². The van der Waals surface area contributed by atoms with Gasteiger partial charge in [0.1, 0.15) is 0 Å². The smallest absolute Gasteiger partial charge is 0.256 e. The molecule has 0 aromatic heterocycles. The summed E-state index contributed by atoms with van der Waals surface area (Å²) in [6, 6.07) is 21.0. The van der Waals surface area contributed by atoms with E-state index in [1.165, 1.54) is 10.4 Å². The van der Waals surface area contributed by atoms with Gasteiger partial charge in [-0.25, -0.2) is 8.42 Å². The molecule has 0 aliphatic carbocycles. The molecule has 7 nitrogen and oxygen atoms in total. The van der Waals surface area contributed by atoms with Crippen LogP contribution in [0.4, 0.5) is 5.69 Å². The summed E-state index contributed by atoms with van der Waals surface area (Å²) in [7, 11) is -3.70. The molecular weight excluding hydrogens is 438 g/mol. The summed E-state index contributed by atoms with van der Waals surface area (Å²) in [6.45, 7) is 3.11. The number of carbonyl (C=O) groups is 1. The van der Waals surface area contributed by atoms with Crippen LogP contribution in [0, 0.1) is 18.3 Å². The first kappa shape index (κ1) is 22.7. The van der Waals surface area contributed by atoms with E-state index in [0.717, 1.165) is 5.56 Å². The van der Waals surface area contributed by atoms with Crippen LogP contribution in [-0.4, -0.2) is 44.9 Å². The normalized spacial score (nSPS) is 14.4. The zero-order chi connectivity index (χ0) is 23.4. The molecule has 1 saturated heterocycles. The van der Waals surface area contributed by atoms with E-state index < -0.39 is 10.0 Å². The minimum atomic E-state index is -3.70. The zero-order valence-electron chi connectivity index (χ0n) is 18.1. The number of nitrogens with one attached hydrogen (secondary N) is 1. The van der Waals surface area contributed by atoms with Gasteiger partial charge in [-0.3, -0.25) is 4.79 Å². The Morgan fingerprint density at radius 3 is 2.39 bits per heavy atom. The molecule has 3 aromatic carbocycles. The lowest BCUT2D eigenvalue weighted by atomic mass is 9.95. The maximum atomic E-state index is 13.3. The van der Waals surface area contributed by atoms with E-state index in [4.69, 9.17) is 4.74 Å². The van der Waals surface area contributed by atoms with E-state index in [2.05, 4.69) is 11.4 Å². The van der Waals surface area contributed by atoms with Gasteiger partial charge < -0.3 is 10.1 Å². The summed E-state index contributed by atoms with van der Waals surface area (Å²) >= 11 is 0. The first-order chi connectivity index (χ1) is 15.9. The summed E-state index contributed by atoms with van der Waals surface area (Å²) in [4.78, 5) is 13.4. The first-order valence-electron chi connectivity index (χ1n) is 10.5. The van der Waals surface area contributed by atoms with Crippen molar-refractivity contribution in [2.45, 2.75) is 11.8 Å². The molecule has 0 bridgehead atoms. The second-order valence-corrected chi connectivity index (χ2v) is 9.59. The van der Waals surface area contributed by atoms with E-state index in [1.807, 2.05) is 6.07 Å². The average molecular weight is 462 g/mol. The molecule has 1 amide bonds. The number of hydrogen-bond acceptors (Lipinski definition) is 5. The molecule has 0 saturated carbocycles. The lowest BCUT2D eigenvalue weighted by Crippen LogP contribution is -2.40. The molecular formula is C25H23N3O4S. The van der Waals surface area contributed by atoms with Gasteiger partial charge in [0.2, 0.25) is 10.0 Å². The van der Waals surface area contributed by atoms with Crippen molar-refractivity contribution in [3.05, 3.63) is 83.4 Å². The van der Waals surface area contributed by atoms with Crippen molar-refractivity contribution >= 4 is 21.6 Å². The fourth-order valence-electron chi connectivity index (χ4n) is 3.75. The van der Waals surface area contributed by atoms with Crippen molar-refractivity contribution in [2.24, 2.45) is 0 Å². The molecule has 168 valence electrons. The maximum Gasteiger partial charge on any atom is 0.256 e. The summed E-state index contributed by atoms with van der Waals surface area (Å²) < 4.78 is 32.7. The van der Waals surface area contributed by atoms with E-state index >= 15 is 0 Å². The van der Waals surface area contributed by atoms with Crippen LogP contribution in [0.1, 0.15) is 21.5 Å². The summed E-state index contributed by atoms with van der Waals surface area (Å²) in [5.41, 5.74) is 3.29. The van der Waals surface area contributed by atoms with Gasteiger partial charge in [-0.15, -0.1) is 0 Å². The average Bonchev–Trinajstić information content (AvgIpc) is 2.85. The number of sulfonamides is 1. The fraction of sp³-hybridized carbons (Fsp3) is 0.200. The highest BCUT2D eigenvalue weighted by atomic mass is 32.2. The van der Waals surface area contributed by atoms with Crippen LogP contribution in [0.2, 0.25) is 0 Å². The van der Waals surface area contributed by atoms with Crippen LogP contribution in [0.15, 0.2) is 71.6 Å². The molecule has 1 heterocycles. The molecule has 1 aliphatic rings. The van der Waals surface area contributed by atoms with Gasteiger partial charge in [0.05, 0.1) is 29.7 Å². The Kier molecular flexibility index (Phi) is 6.56. The highest BCUT2D eigenvalue weighted by Gasteiger charge is 2.27. The number of hydrogen-bond donors (Lipinski definition) is 1. The number of carbonyl (C=O) groups excluding carboxylic acids is 1. The van der Waals surface area contributed by atoms with E-state index in [-0.39, 0.29) is 10.8 Å². The highest BCUT2D eigenvalue weighted by molar-refractivity contribution is 7.89. The fourth-order valence-corrected chi connectivity index (χ4v) is 5.19. The topological polar surface area (TPSA) is 99.5 Å². The Morgan fingerprint density at radius 2 is 1.67 bits per heavy atom. The van der Waals surface area contributed by atoms with Crippen LogP contribution >= 0.6 is 0 Å². The number of morpholine rings is 1. The molecule has 8 heteroatoms. The number of anilines is 1. The van der Waals surface area contributed by atoms with Crippen molar-refractivity contribution in [3.63, 3.8) is 0 Å². The van der Waals surface area contributed by atoms with Crippen molar-refractivity contribution < 1.29 is 17.9 Å². The highest BCUT2D eigenvalue weighted by Crippen LogP contribution is 2.29. The molecule has 3 aromatic rings. The van der Waals surface area contributed by atoms with Crippen LogP contribution < -0.4 is 5.32 Å². The molecule has 33 heavy (non-hydrogen) atoms. The van der Waals surface area contributed by atoms with Crippen LogP contribution in [0.5, 0.6) is 0 Å². The lowest BCUT2D eigenvalue weighted by molar-refractivity contribution is 0.0730. The third-order valence-corrected chi connectivity index (χ3v) is 7.47. The Bertz CT molecular complexity index is 1340. The molecule has 0 radical (unpaired) electrons. The zero-order valence-corrected chi connectivity index (χ0v) is 18.9. The number of amides is 1. The van der Waals surface area contributed by atoms with Crippen molar-refractivity contribution in [3.8, 4) is 17.2 Å². The number of rotatable bonds is 5. The van der Waals surface area contributed by atoms with Crippen LogP contribution in [-0.2, 0) is 14.8 Å². The second-order valence-electron chi connectivity index (χ2n) is 7.65. The SMILES string of the molecule is Cc1ccc(S(=O)(=O)N2CCOCC2)cc1NC(=O)c1ccccc1-c1ccccc1C#N. The first-order valence-corrected chi connectivity index (χ1v) is 11.9. The lowest BCUT2D eigenvalue weighted by Gasteiger charge is -2.26. The number of nitrogens with zero attached hydrogens (tertiary/aromatic N) is 2. The van der Waals surface area contributed by atoms with Crippen molar-refractivity contribution in [2.75, 3.05) is 31.6 Å². The molecule has 0 atom stereocenters. The molecule has 1 N–H and O–H groups in total. The quantitative estimate of drug-likeness (QED) is 0.623. The second kappa shape index (κ2) is 9.55. The molecule has 1 fully saturated rings. The van der Waals surface area contributed by atoms with E-state index in [9.17, 15) is 18.5 Å². The number of nitriles is 1. The predicted octanol–water partition coefficient (Wildman–Crippen LogP) is 3.81.